The lowest BCUT2D eigenvalue weighted by atomic mass is 10.1. The highest BCUT2D eigenvalue weighted by atomic mass is 35.5. The second-order valence-corrected chi connectivity index (χ2v) is 18.7. The lowest BCUT2D eigenvalue weighted by molar-refractivity contribution is 0.0696. The van der Waals surface area contributed by atoms with Crippen LogP contribution in [0, 0.1) is 0 Å². The summed E-state index contributed by atoms with van der Waals surface area (Å²) in [7, 11) is -7.77. The van der Waals surface area contributed by atoms with Crippen molar-refractivity contribution in [3.05, 3.63) is 141 Å². The van der Waals surface area contributed by atoms with Gasteiger partial charge in [0.2, 0.25) is 5.95 Å². The Hall–Kier alpha value is -6.66. The lowest BCUT2D eigenvalue weighted by Gasteiger charge is -2.15. The second kappa shape index (κ2) is 23.6. The first-order chi connectivity index (χ1) is 32.9. The summed E-state index contributed by atoms with van der Waals surface area (Å²) in [6.45, 7) is 2.21. The van der Waals surface area contributed by atoms with E-state index in [1.54, 1.807) is 48.5 Å². The van der Waals surface area contributed by atoms with E-state index in [1.165, 1.54) is 43.5 Å². The van der Waals surface area contributed by atoms with E-state index in [9.17, 15) is 40.9 Å². The van der Waals surface area contributed by atoms with Crippen LogP contribution in [0.1, 0.15) is 64.0 Å². The molecule has 0 saturated heterocycles. The van der Waals surface area contributed by atoms with Crippen molar-refractivity contribution in [3.8, 4) is 17.2 Å². The molecule has 0 aliphatic heterocycles. The number of benzene rings is 5. The molecule has 0 amide bonds. The van der Waals surface area contributed by atoms with Crippen molar-refractivity contribution < 1.29 is 55.2 Å². The minimum Gasteiger partial charge on any atom is -0.495 e. The number of hydrogen-bond donors (Lipinski definition) is 5. The standard InChI is InChI=1S/C45H44Cl2N8O12S2/c1-3-15-66-39-23-36(54-52-32-11-7-28(26-56)8-12-32)34(46)18-30(39)20-42-49-43(51-45(50-42)48-25-27-5-9-29(10-6-27)44(57)58)21-31-19-35(47)37(24-40(31)67-16-4-17-68(59,60)61)55-53-33-13-14-38(65-2)41(22-33)69(62,63)64/h5-14,18-19,22-24,56H,3-4,15-17,20-21,25-26H2,1-2H3,(H,57,58)(H,59,60,61)(H,62,63,64)(H,48,49,50,51). The van der Waals surface area contributed by atoms with Crippen molar-refractivity contribution in [3.63, 3.8) is 0 Å². The van der Waals surface area contributed by atoms with Crippen LogP contribution in [0.4, 0.5) is 28.7 Å². The molecule has 0 unspecified atom stereocenters. The van der Waals surface area contributed by atoms with E-state index >= 15 is 0 Å². The number of aromatic carboxylic acids is 1. The number of hydrogen-bond acceptors (Lipinski definition) is 17. The Morgan fingerprint density at radius 2 is 1.25 bits per heavy atom. The monoisotopic (exact) mass is 1020 g/mol. The zero-order valence-electron chi connectivity index (χ0n) is 36.8. The van der Waals surface area contributed by atoms with E-state index < -0.39 is 36.9 Å². The number of aliphatic hydroxyl groups excluding tert-OH is 1. The van der Waals surface area contributed by atoms with Crippen molar-refractivity contribution in [2.75, 3.05) is 31.4 Å². The van der Waals surface area contributed by atoms with Gasteiger partial charge in [0.15, 0.2) is 0 Å². The maximum atomic E-state index is 12.0. The average molecular weight is 1020 g/mol. The van der Waals surface area contributed by atoms with Gasteiger partial charge in [-0.2, -0.15) is 37.0 Å². The van der Waals surface area contributed by atoms with Crippen LogP contribution in [0.5, 0.6) is 17.2 Å². The minimum atomic E-state index is -4.69. The molecule has 0 bridgehead atoms. The molecule has 1 heterocycles. The molecule has 1 aromatic heterocycles. The van der Waals surface area contributed by atoms with Gasteiger partial charge in [-0.1, -0.05) is 54.4 Å². The Kier molecular flexibility index (Phi) is 17.7. The van der Waals surface area contributed by atoms with E-state index in [1.807, 2.05) is 6.92 Å². The van der Waals surface area contributed by atoms with E-state index in [0.717, 1.165) is 17.2 Å². The summed E-state index contributed by atoms with van der Waals surface area (Å²) < 4.78 is 83.2. The first-order valence-corrected chi connectivity index (χ1v) is 24.6. The molecule has 362 valence electrons. The molecule has 6 aromatic rings. The number of anilines is 1. The third-order valence-electron chi connectivity index (χ3n) is 9.69. The Labute approximate surface area is 406 Å². The molecule has 5 N–H and O–H groups in total. The van der Waals surface area contributed by atoms with Gasteiger partial charge < -0.3 is 29.7 Å². The fourth-order valence-corrected chi connectivity index (χ4v) is 7.92. The summed E-state index contributed by atoms with van der Waals surface area (Å²) in [6.07, 6.45) is 0.631. The normalized spacial score (nSPS) is 11.9. The maximum Gasteiger partial charge on any atom is 0.335 e. The van der Waals surface area contributed by atoms with Gasteiger partial charge in [-0.05, 0) is 78.6 Å². The number of rotatable bonds is 23. The Bertz CT molecular complexity index is 3090. The molecule has 6 rings (SSSR count). The van der Waals surface area contributed by atoms with Gasteiger partial charge in [0.25, 0.3) is 20.2 Å². The van der Waals surface area contributed by atoms with Crippen LogP contribution in [0.3, 0.4) is 0 Å². The van der Waals surface area contributed by atoms with E-state index in [0.29, 0.717) is 41.3 Å². The van der Waals surface area contributed by atoms with Crippen LogP contribution in [-0.4, -0.2) is 83.2 Å². The highest BCUT2D eigenvalue weighted by Gasteiger charge is 2.20. The van der Waals surface area contributed by atoms with Gasteiger partial charge in [0.05, 0.1) is 59.7 Å². The molecular formula is C45H44Cl2N8O12S2. The van der Waals surface area contributed by atoms with Gasteiger partial charge in [-0.25, -0.2) is 9.78 Å². The number of aliphatic hydroxyl groups is 1. The number of carboxylic acid groups (broad SMARTS) is 1. The zero-order chi connectivity index (χ0) is 49.7. The number of carboxylic acids is 1. The molecule has 0 aliphatic rings. The van der Waals surface area contributed by atoms with Gasteiger partial charge in [-0.15, -0.1) is 10.2 Å². The molecule has 0 spiro atoms. The molecule has 0 atom stereocenters. The largest absolute Gasteiger partial charge is 0.495 e. The number of nitrogens with zero attached hydrogens (tertiary/aromatic N) is 7. The third kappa shape index (κ3) is 15.2. The summed E-state index contributed by atoms with van der Waals surface area (Å²) in [5, 5.41) is 39.2. The SMILES string of the molecule is CCCOc1cc(N=Nc2ccc(CO)cc2)c(Cl)cc1Cc1nc(Cc2cc(Cl)c(N=Nc3ccc(OC)c(S(=O)(=O)O)c3)cc2OCCCS(=O)(=O)O)nc(NCc2ccc(C(=O)O)cc2)n1. The molecule has 0 saturated carbocycles. The molecule has 5 aromatic carbocycles. The molecular weight excluding hydrogens is 980 g/mol. The van der Waals surface area contributed by atoms with Crippen molar-refractivity contribution in [1.29, 1.82) is 0 Å². The number of ether oxygens (including phenoxy) is 3. The second-order valence-electron chi connectivity index (χ2n) is 14.9. The first kappa shape index (κ1) is 51.7. The molecule has 0 fully saturated rings. The fraction of sp³-hybridized carbons (Fsp3) is 0.244. The van der Waals surface area contributed by atoms with Gasteiger partial charge >= 0.3 is 5.97 Å². The molecule has 0 radical (unpaired) electrons. The van der Waals surface area contributed by atoms with Crippen LogP contribution in [0.2, 0.25) is 10.0 Å². The molecule has 20 nitrogen and oxygen atoms in total. The lowest BCUT2D eigenvalue weighted by Crippen LogP contribution is -2.12. The maximum absolute atomic E-state index is 12.0. The van der Waals surface area contributed by atoms with Crippen molar-refractivity contribution in [1.82, 2.24) is 15.0 Å². The number of aromatic nitrogens is 3. The zero-order valence-corrected chi connectivity index (χ0v) is 39.9. The fourth-order valence-electron chi connectivity index (χ4n) is 6.31. The predicted molar refractivity (Wildman–Crippen MR) is 255 cm³/mol. The Morgan fingerprint density at radius 3 is 1.77 bits per heavy atom. The quantitative estimate of drug-likeness (QED) is 0.0227. The number of halogens is 2. The number of azo groups is 2. The van der Waals surface area contributed by atoms with Crippen LogP contribution >= 0.6 is 23.2 Å². The Morgan fingerprint density at radius 1 is 0.696 bits per heavy atom. The molecule has 24 heteroatoms. The topological polar surface area (TPSA) is 294 Å². The van der Waals surface area contributed by atoms with Crippen molar-refractivity contribution in [2.45, 2.75) is 50.7 Å². The summed E-state index contributed by atoms with van der Waals surface area (Å²) in [5.74, 6) is -0.543. The van der Waals surface area contributed by atoms with Gasteiger partial charge in [-0.3, -0.25) is 9.11 Å². The molecule has 69 heavy (non-hydrogen) atoms. The van der Waals surface area contributed by atoms with Gasteiger partial charge in [0, 0.05) is 42.6 Å². The average Bonchev–Trinajstić information content (AvgIpc) is 3.31. The summed E-state index contributed by atoms with van der Waals surface area (Å²) in [4.78, 5) is 25.1. The summed E-state index contributed by atoms with van der Waals surface area (Å²) >= 11 is 13.5. The summed E-state index contributed by atoms with van der Waals surface area (Å²) in [6, 6.07) is 23.1. The third-order valence-corrected chi connectivity index (χ3v) is 12.0. The Balaban J connectivity index is 1.37. The van der Waals surface area contributed by atoms with Crippen LogP contribution in [-0.2, 0) is 46.2 Å². The van der Waals surface area contributed by atoms with Crippen molar-refractivity contribution in [2.24, 2.45) is 20.5 Å². The minimum absolute atomic E-state index is 0.0171. The first-order valence-electron chi connectivity index (χ1n) is 20.8. The number of nitrogens with one attached hydrogen (secondary N) is 1. The summed E-state index contributed by atoms with van der Waals surface area (Å²) in [5.41, 5.74) is 3.52. The van der Waals surface area contributed by atoms with E-state index in [2.05, 4.69) is 30.8 Å². The van der Waals surface area contributed by atoms with E-state index in [-0.39, 0.29) is 95.1 Å². The predicted octanol–water partition coefficient (Wildman–Crippen LogP) is 9.69. The van der Waals surface area contributed by atoms with Crippen LogP contribution in [0.15, 0.2) is 116 Å². The van der Waals surface area contributed by atoms with Crippen LogP contribution in [0.25, 0.3) is 0 Å². The highest BCUT2D eigenvalue weighted by molar-refractivity contribution is 7.86. The van der Waals surface area contributed by atoms with Gasteiger partial charge in [0.1, 0.15) is 45.2 Å². The van der Waals surface area contributed by atoms with Crippen molar-refractivity contribution >= 4 is 78.1 Å². The smallest absolute Gasteiger partial charge is 0.335 e. The number of carbonyl (C=O) groups is 1. The van der Waals surface area contributed by atoms with E-state index in [4.69, 9.17) is 47.4 Å². The number of methoxy groups -OCH3 is 1. The van der Waals surface area contributed by atoms with Crippen LogP contribution < -0.4 is 19.5 Å². The highest BCUT2D eigenvalue weighted by Crippen LogP contribution is 2.38. The molecule has 0 aliphatic carbocycles.